The molecule has 1 aromatic carbocycles. The molecule has 3 nitrogen and oxygen atoms in total. The van der Waals surface area contributed by atoms with Crippen molar-refractivity contribution in [2.24, 2.45) is 0 Å². The topological polar surface area (TPSA) is 35.5 Å². The number of nitrogens with one attached hydrogen (secondary N) is 1. The molecule has 0 spiro atoms. The molecule has 0 bridgehead atoms. The number of rotatable bonds is 6. The van der Waals surface area contributed by atoms with Gasteiger partial charge in [-0.15, -0.1) is 0 Å². The second-order valence-electron chi connectivity index (χ2n) is 6.61. The normalized spacial score (nSPS) is 17.4. The van der Waals surface area contributed by atoms with Crippen LogP contribution in [0.2, 0.25) is 0 Å². The van der Waals surface area contributed by atoms with Crippen molar-refractivity contribution >= 4 is 5.69 Å². The monoisotopic (exact) mass is 294 g/mol. The zero-order chi connectivity index (χ0) is 15.5. The van der Waals surface area contributed by atoms with E-state index in [4.69, 9.17) is 0 Å². The van der Waals surface area contributed by atoms with Crippen molar-refractivity contribution in [3.05, 3.63) is 29.6 Å². The summed E-state index contributed by atoms with van der Waals surface area (Å²) in [6.45, 7) is 5.30. The Morgan fingerprint density at radius 3 is 2.57 bits per heavy atom. The molecule has 0 aromatic heterocycles. The minimum atomic E-state index is -0.654. The highest BCUT2D eigenvalue weighted by molar-refractivity contribution is 5.49. The van der Waals surface area contributed by atoms with Crippen LogP contribution in [0.4, 0.5) is 10.1 Å². The minimum absolute atomic E-state index is 0.220. The summed E-state index contributed by atoms with van der Waals surface area (Å²) in [5.41, 5.74) is 0.848. The van der Waals surface area contributed by atoms with E-state index >= 15 is 0 Å². The lowest BCUT2D eigenvalue weighted by Gasteiger charge is -2.30. The van der Waals surface area contributed by atoms with E-state index in [0.29, 0.717) is 24.8 Å². The molecule has 0 saturated heterocycles. The van der Waals surface area contributed by atoms with Gasteiger partial charge in [0.15, 0.2) is 0 Å². The quantitative estimate of drug-likeness (QED) is 0.846. The lowest BCUT2D eigenvalue weighted by Crippen LogP contribution is -2.39. The standard InChI is InChI=1S/C17H27FN2O/c1-13(2)19-11-14-6-7-16(15(18)10-14)20(3)12-17(21)8-4-5-9-17/h6-7,10,13,19,21H,4-5,8-9,11-12H2,1-3H3. The molecule has 0 amide bonds. The Hall–Kier alpha value is -1.13. The maximum Gasteiger partial charge on any atom is 0.146 e. The zero-order valence-electron chi connectivity index (χ0n) is 13.3. The molecule has 2 N–H and O–H groups in total. The summed E-state index contributed by atoms with van der Waals surface area (Å²) in [5, 5.41) is 13.7. The highest BCUT2D eigenvalue weighted by atomic mass is 19.1. The van der Waals surface area contributed by atoms with E-state index in [2.05, 4.69) is 19.2 Å². The van der Waals surface area contributed by atoms with Gasteiger partial charge in [0.25, 0.3) is 0 Å². The van der Waals surface area contributed by atoms with Crippen molar-refractivity contribution in [1.29, 1.82) is 0 Å². The van der Waals surface area contributed by atoms with E-state index in [-0.39, 0.29) is 5.82 Å². The maximum absolute atomic E-state index is 14.3. The van der Waals surface area contributed by atoms with E-state index in [9.17, 15) is 9.50 Å². The fraction of sp³-hybridized carbons (Fsp3) is 0.647. The van der Waals surface area contributed by atoms with E-state index in [1.807, 2.05) is 24.1 Å². The SMILES string of the molecule is CC(C)NCc1ccc(N(C)CC2(O)CCCC2)c(F)c1. The third kappa shape index (κ3) is 4.42. The smallest absolute Gasteiger partial charge is 0.146 e. The molecule has 0 atom stereocenters. The van der Waals surface area contributed by atoms with Crippen LogP contribution < -0.4 is 10.2 Å². The maximum atomic E-state index is 14.3. The molecule has 0 heterocycles. The lowest BCUT2D eigenvalue weighted by molar-refractivity contribution is 0.0558. The molecule has 0 aliphatic heterocycles. The highest BCUT2D eigenvalue weighted by Gasteiger charge is 2.32. The largest absolute Gasteiger partial charge is 0.388 e. The molecule has 1 saturated carbocycles. The van der Waals surface area contributed by atoms with Crippen LogP contribution in [0.25, 0.3) is 0 Å². The Kier molecular flexibility index (Phi) is 5.22. The number of anilines is 1. The number of halogens is 1. The summed E-state index contributed by atoms with van der Waals surface area (Å²) < 4.78 is 14.3. The van der Waals surface area contributed by atoms with Gasteiger partial charge in [0.05, 0.1) is 11.3 Å². The zero-order valence-corrected chi connectivity index (χ0v) is 13.3. The van der Waals surface area contributed by atoms with Crippen LogP contribution in [0.5, 0.6) is 0 Å². The first-order chi connectivity index (χ1) is 9.89. The summed E-state index contributed by atoms with van der Waals surface area (Å²) in [6.07, 6.45) is 3.75. The second-order valence-corrected chi connectivity index (χ2v) is 6.61. The minimum Gasteiger partial charge on any atom is -0.388 e. The van der Waals surface area contributed by atoms with Crippen LogP contribution in [-0.4, -0.2) is 30.3 Å². The Morgan fingerprint density at radius 1 is 1.33 bits per heavy atom. The summed E-state index contributed by atoms with van der Waals surface area (Å²) in [7, 11) is 1.85. The highest BCUT2D eigenvalue weighted by Crippen LogP contribution is 2.31. The number of hydrogen-bond acceptors (Lipinski definition) is 3. The van der Waals surface area contributed by atoms with Crippen LogP contribution in [0.15, 0.2) is 18.2 Å². The van der Waals surface area contributed by atoms with Crippen LogP contribution in [0.3, 0.4) is 0 Å². The van der Waals surface area contributed by atoms with Crippen molar-refractivity contribution in [2.45, 2.75) is 57.7 Å². The third-order valence-electron chi connectivity index (χ3n) is 4.20. The van der Waals surface area contributed by atoms with Crippen LogP contribution in [-0.2, 0) is 6.54 Å². The van der Waals surface area contributed by atoms with E-state index < -0.39 is 5.60 Å². The molecule has 1 aliphatic rings. The van der Waals surface area contributed by atoms with Crippen LogP contribution in [0, 0.1) is 5.82 Å². The van der Waals surface area contributed by atoms with Gasteiger partial charge in [-0.1, -0.05) is 32.8 Å². The van der Waals surface area contributed by atoms with Gasteiger partial charge in [0.2, 0.25) is 0 Å². The number of likely N-dealkylation sites (N-methyl/N-ethyl adjacent to an activating group) is 1. The van der Waals surface area contributed by atoms with Gasteiger partial charge in [-0.3, -0.25) is 0 Å². The molecule has 1 aromatic rings. The molecule has 4 heteroatoms. The van der Waals surface area contributed by atoms with Gasteiger partial charge >= 0.3 is 0 Å². The summed E-state index contributed by atoms with van der Waals surface area (Å²) in [5.74, 6) is -0.220. The Bertz CT molecular complexity index is 470. The van der Waals surface area contributed by atoms with Crippen LogP contribution in [0.1, 0.15) is 45.1 Å². The average Bonchev–Trinajstić information content (AvgIpc) is 2.82. The molecule has 118 valence electrons. The fourth-order valence-corrected chi connectivity index (χ4v) is 3.01. The van der Waals surface area contributed by atoms with Gasteiger partial charge in [0, 0.05) is 26.2 Å². The predicted octanol–water partition coefficient (Wildman–Crippen LogP) is 3.07. The summed E-state index contributed by atoms with van der Waals surface area (Å²) in [6, 6.07) is 5.72. The third-order valence-corrected chi connectivity index (χ3v) is 4.20. The Morgan fingerprint density at radius 2 is 2.00 bits per heavy atom. The predicted molar refractivity (Wildman–Crippen MR) is 85.1 cm³/mol. The molecule has 1 aliphatic carbocycles. The van der Waals surface area contributed by atoms with Crippen molar-refractivity contribution < 1.29 is 9.50 Å². The van der Waals surface area contributed by atoms with Crippen molar-refractivity contribution in [1.82, 2.24) is 5.32 Å². The second kappa shape index (κ2) is 6.75. The summed E-state index contributed by atoms with van der Waals surface area (Å²) >= 11 is 0. The van der Waals surface area contributed by atoms with Gasteiger partial charge in [-0.05, 0) is 30.5 Å². The van der Waals surface area contributed by atoms with Gasteiger partial charge in [-0.2, -0.15) is 0 Å². The number of aliphatic hydroxyl groups is 1. The average molecular weight is 294 g/mol. The van der Waals surface area contributed by atoms with Gasteiger partial charge in [-0.25, -0.2) is 4.39 Å². The Labute approximate surface area is 127 Å². The number of hydrogen-bond donors (Lipinski definition) is 2. The Balaban J connectivity index is 2.02. The van der Waals surface area contributed by atoms with Gasteiger partial charge < -0.3 is 15.3 Å². The van der Waals surface area contributed by atoms with E-state index in [1.165, 1.54) is 0 Å². The molecular formula is C17H27FN2O. The van der Waals surface area contributed by atoms with Gasteiger partial charge in [0.1, 0.15) is 5.82 Å². The summed E-state index contributed by atoms with van der Waals surface area (Å²) in [4.78, 5) is 1.83. The lowest BCUT2D eigenvalue weighted by atomic mass is 10.0. The van der Waals surface area contributed by atoms with Crippen molar-refractivity contribution in [3.63, 3.8) is 0 Å². The molecule has 0 radical (unpaired) electrons. The molecular weight excluding hydrogens is 267 g/mol. The molecule has 1 fully saturated rings. The number of nitrogens with zero attached hydrogens (tertiary/aromatic N) is 1. The first-order valence-corrected chi connectivity index (χ1v) is 7.85. The molecule has 0 unspecified atom stereocenters. The number of benzene rings is 1. The first kappa shape index (κ1) is 16.2. The first-order valence-electron chi connectivity index (χ1n) is 7.85. The van der Waals surface area contributed by atoms with Crippen molar-refractivity contribution in [2.75, 3.05) is 18.5 Å². The van der Waals surface area contributed by atoms with E-state index in [0.717, 1.165) is 31.2 Å². The van der Waals surface area contributed by atoms with E-state index in [1.54, 1.807) is 6.07 Å². The fourth-order valence-electron chi connectivity index (χ4n) is 3.01. The van der Waals surface area contributed by atoms with Crippen LogP contribution >= 0.6 is 0 Å². The van der Waals surface area contributed by atoms with Crippen molar-refractivity contribution in [3.8, 4) is 0 Å². The molecule has 21 heavy (non-hydrogen) atoms. The molecule has 2 rings (SSSR count).